The Hall–Kier alpha value is -2.96. The standard InChI is InChI=1S/C14H10FN3O3/c1-8-4-9(6-10(15)5-8)14-16-12-3-2-11(18(20)21)7-13(12)17(14)19/h2-7,19H,1H3. The lowest BCUT2D eigenvalue weighted by Crippen LogP contribution is -1.95. The first-order valence-electron chi connectivity index (χ1n) is 6.09. The molecular weight excluding hydrogens is 277 g/mol. The summed E-state index contributed by atoms with van der Waals surface area (Å²) in [7, 11) is 0. The van der Waals surface area contributed by atoms with Gasteiger partial charge in [-0.15, -0.1) is 0 Å². The zero-order valence-electron chi connectivity index (χ0n) is 10.9. The van der Waals surface area contributed by atoms with E-state index in [1.165, 1.54) is 30.3 Å². The van der Waals surface area contributed by atoms with Crippen LogP contribution in [0.2, 0.25) is 0 Å². The van der Waals surface area contributed by atoms with E-state index in [9.17, 15) is 19.7 Å². The molecule has 0 spiro atoms. The third-order valence-electron chi connectivity index (χ3n) is 3.13. The molecule has 6 nitrogen and oxygen atoms in total. The number of aryl methyl sites for hydroxylation is 1. The number of aromatic nitrogens is 2. The van der Waals surface area contributed by atoms with Gasteiger partial charge in [0.1, 0.15) is 11.3 Å². The highest BCUT2D eigenvalue weighted by Crippen LogP contribution is 2.27. The van der Waals surface area contributed by atoms with E-state index in [4.69, 9.17) is 0 Å². The van der Waals surface area contributed by atoms with Crippen molar-refractivity contribution in [3.05, 3.63) is 57.9 Å². The molecule has 21 heavy (non-hydrogen) atoms. The minimum atomic E-state index is -0.557. The van der Waals surface area contributed by atoms with Crippen molar-refractivity contribution < 1.29 is 14.5 Å². The van der Waals surface area contributed by atoms with E-state index in [1.54, 1.807) is 13.0 Å². The molecule has 2 aromatic carbocycles. The maximum absolute atomic E-state index is 13.5. The van der Waals surface area contributed by atoms with Crippen molar-refractivity contribution in [1.29, 1.82) is 0 Å². The second-order valence-corrected chi connectivity index (χ2v) is 4.69. The Bertz CT molecular complexity index is 853. The first-order chi connectivity index (χ1) is 9.95. The zero-order valence-corrected chi connectivity index (χ0v) is 10.9. The van der Waals surface area contributed by atoms with Crippen LogP contribution in [0.3, 0.4) is 0 Å². The fourth-order valence-corrected chi connectivity index (χ4v) is 2.22. The van der Waals surface area contributed by atoms with Crippen molar-refractivity contribution in [2.75, 3.05) is 0 Å². The van der Waals surface area contributed by atoms with E-state index in [-0.39, 0.29) is 17.0 Å². The summed E-state index contributed by atoms with van der Waals surface area (Å²) in [5, 5.41) is 20.9. The number of nitrogens with zero attached hydrogens (tertiary/aromatic N) is 3. The summed E-state index contributed by atoms with van der Waals surface area (Å²) in [6, 6.07) is 8.24. The highest BCUT2D eigenvalue weighted by atomic mass is 19.1. The normalized spacial score (nSPS) is 11.0. The van der Waals surface area contributed by atoms with Crippen molar-refractivity contribution in [2.24, 2.45) is 0 Å². The van der Waals surface area contributed by atoms with Gasteiger partial charge in [-0.3, -0.25) is 10.1 Å². The first kappa shape index (κ1) is 13.0. The number of fused-ring (bicyclic) bond motifs is 1. The smallest absolute Gasteiger partial charge is 0.271 e. The summed E-state index contributed by atoms with van der Waals surface area (Å²) in [4.78, 5) is 14.4. The van der Waals surface area contributed by atoms with Gasteiger partial charge in [0.25, 0.3) is 5.69 Å². The molecule has 3 aromatic rings. The van der Waals surface area contributed by atoms with Gasteiger partial charge in [0.2, 0.25) is 0 Å². The van der Waals surface area contributed by atoms with Crippen LogP contribution in [0.4, 0.5) is 10.1 Å². The lowest BCUT2D eigenvalue weighted by atomic mass is 10.1. The lowest BCUT2D eigenvalue weighted by molar-refractivity contribution is -0.384. The number of nitro groups is 1. The summed E-state index contributed by atoms with van der Waals surface area (Å²) in [5.41, 5.74) is 1.51. The van der Waals surface area contributed by atoms with Gasteiger partial charge in [0.05, 0.1) is 10.4 Å². The molecule has 7 heteroatoms. The molecular formula is C14H10FN3O3. The summed E-state index contributed by atoms with van der Waals surface area (Å²) < 4.78 is 14.2. The van der Waals surface area contributed by atoms with Gasteiger partial charge in [-0.05, 0) is 36.8 Å². The largest absolute Gasteiger partial charge is 0.426 e. The average Bonchev–Trinajstić information content (AvgIpc) is 2.74. The van der Waals surface area contributed by atoms with E-state index in [0.717, 1.165) is 4.73 Å². The molecule has 0 atom stereocenters. The number of nitro benzene ring substituents is 1. The molecule has 3 rings (SSSR count). The first-order valence-corrected chi connectivity index (χ1v) is 6.09. The third kappa shape index (κ3) is 2.18. The number of non-ortho nitro benzene ring substituents is 1. The van der Waals surface area contributed by atoms with Gasteiger partial charge in [-0.2, -0.15) is 4.73 Å². The van der Waals surface area contributed by atoms with E-state index < -0.39 is 10.7 Å². The molecule has 1 heterocycles. The molecule has 0 aliphatic rings. The third-order valence-corrected chi connectivity index (χ3v) is 3.13. The van der Waals surface area contributed by atoms with E-state index >= 15 is 0 Å². The number of halogens is 1. The lowest BCUT2D eigenvalue weighted by Gasteiger charge is -2.03. The van der Waals surface area contributed by atoms with Gasteiger partial charge in [-0.1, -0.05) is 0 Å². The number of hydrogen-bond donors (Lipinski definition) is 1. The van der Waals surface area contributed by atoms with Crippen LogP contribution in [0, 0.1) is 22.9 Å². The molecule has 0 saturated carbocycles. The van der Waals surface area contributed by atoms with Crippen LogP contribution in [-0.2, 0) is 0 Å². The molecule has 0 aliphatic heterocycles. The summed E-state index contributed by atoms with van der Waals surface area (Å²) in [5.74, 6) is -0.309. The molecule has 0 radical (unpaired) electrons. The zero-order chi connectivity index (χ0) is 15.1. The van der Waals surface area contributed by atoms with Crippen LogP contribution in [-0.4, -0.2) is 19.8 Å². The Morgan fingerprint density at radius 1 is 1.29 bits per heavy atom. The Morgan fingerprint density at radius 3 is 2.71 bits per heavy atom. The van der Waals surface area contributed by atoms with Crippen LogP contribution >= 0.6 is 0 Å². The van der Waals surface area contributed by atoms with Crippen molar-refractivity contribution in [3.8, 4) is 11.4 Å². The molecule has 0 bridgehead atoms. The molecule has 1 aromatic heterocycles. The van der Waals surface area contributed by atoms with Crippen LogP contribution in [0.5, 0.6) is 0 Å². The number of benzene rings is 2. The maximum Gasteiger partial charge on any atom is 0.271 e. The second-order valence-electron chi connectivity index (χ2n) is 4.69. The van der Waals surface area contributed by atoms with Gasteiger partial charge >= 0.3 is 0 Å². The summed E-state index contributed by atoms with van der Waals surface area (Å²) >= 11 is 0. The molecule has 0 amide bonds. The monoisotopic (exact) mass is 287 g/mol. The van der Waals surface area contributed by atoms with Gasteiger partial charge in [-0.25, -0.2) is 9.37 Å². The van der Waals surface area contributed by atoms with Gasteiger partial charge < -0.3 is 5.21 Å². The van der Waals surface area contributed by atoms with Crippen LogP contribution in [0.25, 0.3) is 22.4 Å². The molecule has 106 valence electrons. The quantitative estimate of drug-likeness (QED) is 0.445. The summed E-state index contributed by atoms with van der Waals surface area (Å²) in [6.07, 6.45) is 0. The number of imidazole rings is 1. The molecule has 0 aliphatic carbocycles. The van der Waals surface area contributed by atoms with Crippen molar-refractivity contribution in [3.63, 3.8) is 0 Å². The topological polar surface area (TPSA) is 81.2 Å². The molecule has 0 fully saturated rings. The minimum Gasteiger partial charge on any atom is -0.426 e. The fourth-order valence-electron chi connectivity index (χ4n) is 2.22. The Kier molecular flexibility index (Phi) is 2.83. The number of hydrogen-bond acceptors (Lipinski definition) is 4. The van der Waals surface area contributed by atoms with Crippen molar-refractivity contribution >= 4 is 16.7 Å². The molecule has 1 N–H and O–H groups in total. The SMILES string of the molecule is Cc1cc(F)cc(-c2nc3ccc([N+](=O)[O-])cc3n2O)c1. The molecule has 0 unspecified atom stereocenters. The highest BCUT2D eigenvalue weighted by Gasteiger charge is 2.16. The average molecular weight is 287 g/mol. The highest BCUT2D eigenvalue weighted by molar-refractivity contribution is 5.82. The fraction of sp³-hybridized carbons (Fsp3) is 0.0714. The maximum atomic E-state index is 13.5. The summed E-state index contributed by atoms with van der Waals surface area (Å²) in [6.45, 7) is 1.72. The predicted molar refractivity (Wildman–Crippen MR) is 73.7 cm³/mol. The number of rotatable bonds is 2. The van der Waals surface area contributed by atoms with Crippen molar-refractivity contribution in [1.82, 2.24) is 9.71 Å². The minimum absolute atomic E-state index is 0.132. The second kappa shape index (κ2) is 4.55. The Balaban J connectivity index is 2.24. The molecule has 0 saturated heterocycles. The van der Waals surface area contributed by atoms with E-state index in [1.807, 2.05) is 0 Å². The van der Waals surface area contributed by atoms with E-state index in [2.05, 4.69) is 4.98 Å². The van der Waals surface area contributed by atoms with Gasteiger partial charge in [0, 0.05) is 17.7 Å². The Labute approximate surface area is 118 Å². The predicted octanol–water partition coefficient (Wildman–Crippen LogP) is 3.30. The van der Waals surface area contributed by atoms with Crippen molar-refractivity contribution in [2.45, 2.75) is 6.92 Å². The Morgan fingerprint density at radius 2 is 2.05 bits per heavy atom. The van der Waals surface area contributed by atoms with E-state index in [0.29, 0.717) is 16.6 Å². The van der Waals surface area contributed by atoms with Gasteiger partial charge in [0.15, 0.2) is 5.82 Å². The van der Waals surface area contributed by atoms with Crippen LogP contribution < -0.4 is 0 Å². The van der Waals surface area contributed by atoms with Crippen LogP contribution in [0.15, 0.2) is 36.4 Å². The van der Waals surface area contributed by atoms with Crippen LogP contribution in [0.1, 0.15) is 5.56 Å².